The van der Waals surface area contributed by atoms with Gasteiger partial charge in [0.15, 0.2) is 0 Å². The van der Waals surface area contributed by atoms with Gasteiger partial charge in [0.1, 0.15) is 24.0 Å². The van der Waals surface area contributed by atoms with Gasteiger partial charge in [-0.1, -0.05) is 45.0 Å². The predicted molar refractivity (Wildman–Crippen MR) is 151 cm³/mol. The second kappa shape index (κ2) is 11.2. The van der Waals surface area contributed by atoms with Crippen LogP contribution in [0.15, 0.2) is 72.9 Å². The molecule has 206 valence electrons. The highest BCUT2D eigenvalue weighted by Gasteiger charge is 2.40. The molecule has 1 aliphatic rings. The summed E-state index contributed by atoms with van der Waals surface area (Å²) < 4.78 is 30.7. The van der Waals surface area contributed by atoms with E-state index in [2.05, 4.69) is 10.3 Å². The molecular weight excluding hydrogens is 532 g/mol. The van der Waals surface area contributed by atoms with Gasteiger partial charge >= 0.3 is 0 Å². The van der Waals surface area contributed by atoms with E-state index in [-0.39, 0.29) is 30.7 Å². The van der Waals surface area contributed by atoms with Gasteiger partial charge in [0.25, 0.3) is 0 Å². The molecule has 0 saturated heterocycles. The Bertz CT molecular complexity index is 1530. The van der Waals surface area contributed by atoms with Crippen LogP contribution in [0.1, 0.15) is 48.5 Å². The second-order valence-corrected chi connectivity index (χ2v) is 11.6. The van der Waals surface area contributed by atoms with Crippen molar-refractivity contribution in [1.82, 2.24) is 20.1 Å². The number of anilines is 1. The van der Waals surface area contributed by atoms with Crippen molar-refractivity contribution in [3.8, 4) is 5.69 Å². The molecule has 7 nitrogen and oxygen atoms in total. The Morgan fingerprint density at radius 3 is 2.45 bits per heavy atom. The molecule has 0 saturated carbocycles. The van der Waals surface area contributed by atoms with Crippen molar-refractivity contribution in [2.24, 2.45) is 0 Å². The summed E-state index contributed by atoms with van der Waals surface area (Å²) in [5, 5.41) is 7.19. The number of carbonyl (C=O) groups is 2. The SMILES string of the molecule is CC(C)(C)c1nn(-c2ccc(F)cc2)c2c1[C@H](c1ccccc1F)SCC(=O)N2CC(=O)NCc1ccccn1. The summed E-state index contributed by atoms with van der Waals surface area (Å²) in [6, 6.07) is 17.6. The molecule has 10 heteroatoms. The molecule has 0 radical (unpaired) electrons. The van der Waals surface area contributed by atoms with Gasteiger partial charge in [-0.3, -0.25) is 19.5 Å². The maximum Gasteiger partial charge on any atom is 0.240 e. The molecule has 0 bridgehead atoms. The van der Waals surface area contributed by atoms with Crippen LogP contribution in [-0.4, -0.2) is 38.9 Å². The lowest BCUT2D eigenvalue weighted by Gasteiger charge is -2.24. The largest absolute Gasteiger partial charge is 0.349 e. The minimum atomic E-state index is -0.565. The van der Waals surface area contributed by atoms with Crippen molar-refractivity contribution >= 4 is 29.4 Å². The molecule has 2 aromatic heterocycles. The van der Waals surface area contributed by atoms with E-state index in [1.54, 1.807) is 53.3 Å². The van der Waals surface area contributed by atoms with E-state index in [0.29, 0.717) is 34.0 Å². The average molecular weight is 562 g/mol. The number of carbonyl (C=O) groups excluding carboxylic acids is 2. The van der Waals surface area contributed by atoms with E-state index >= 15 is 4.39 Å². The summed E-state index contributed by atoms with van der Waals surface area (Å²) in [5.41, 5.74) is 2.42. The first-order chi connectivity index (χ1) is 19.1. The normalized spacial score (nSPS) is 15.5. The van der Waals surface area contributed by atoms with Gasteiger partial charge in [-0.25, -0.2) is 13.5 Å². The minimum Gasteiger partial charge on any atom is -0.349 e. The van der Waals surface area contributed by atoms with Crippen molar-refractivity contribution in [3.05, 3.63) is 107 Å². The van der Waals surface area contributed by atoms with Crippen molar-refractivity contribution in [3.63, 3.8) is 0 Å². The molecule has 0 aliphatic carbocycles. The third-order valence-electron chi connectivity index (χ3n) is 6.55. The molecule has 5 rings (SSSR count). The Morgan fingerprint density at radius 1 is 1.05 bits per heavy atom. The van der Waals surface area contributed by atoms with Gasteiger partial charge in [-0.2, -0.15) is 5.10 Å². The topological polar surface area (TPSA) is 80.1 Å². The highest BCUT2D eigenvalue weighted by Crippen LogP contribution is 2.48. The number of benzene rings is 2. The molecule has 1 aliphatic heterocycles. The summed E-state index contributed by atoms with van der Waals surface area (Å²) in [6.45, 7) is 5.89. The van der Waals surface area contributed by atoms with E-state index in [4.69, 9.17) is 5.10 Å². The van der Waals surface area contributed by atoms with Crippen molar-refractivity contribution in [1.29, 1.82) is 0 Å². The molecule has 40 heavy (non-hydrogen) atoms. The number of hydrogen-bond acceptors (Lipinski definition) is 5. The van der Waals surface area contributed by atoms with Gasteiger partial charge in [0.2, 0.25) is 11.8 Å². The first-order valence-electron chi connectivity index (χ1n) is 12.9. The second-order valence-electron chi connectivity index (χ2n) is 10.5. The maximum atomic E-state index is 15.2. The lowest BCUT2D eigenvalue weighted by Crippen LogP contribution is -2.42. The molecule has 3 heterocycles. The quantitative estimate of drug-likeness (QED) is 0.344. The Kier molecular flexibility index (Phi) is 7.71. The Morgan fingerprint density at radius 2 is 1.77 bits per heavy atom. The van der Waals surface area contributed by atoms with Gasteiger partial charge in [-0.15, -0.1) is 11.8 Å². The number of nitrogens with zero attached hydrogens (tertiary/aromatic N) is 4. The van der Waals surface area contributed by atoms with Crippen LogP contribution in [0.3, 0.4) is 0 Å². The highest BCUT2D eigenvalue weighted by molar-refractivity contribution is 8.00. The first kappa shape index (κ1) is 27.5. The van der Waals surface area contributed by atoms with E-state index in [1.807, 2.05) is 26.8 Å². The number of pyridine rings is 1. The van der Waals surface area contributed by atoms with Gasteiger partial charge < -0.3 is 5.32 Å². The molecular formula is C30H29F2N5O2S. The molecule has 1 N–H and O–H groups in total. The number of halogens is 2. The zero-order valence-corrected chi connectivity index (χ0v) is 23.2. The fraction of sp³-hybridized carbons (Fsp3) is 0.267. The Balaban J connectivity index is 1.66. The fourth-order valence-electron chi connectivity index (χ4n) is 4.66. The molecule has 0 unspecified atom stereocenters. The van der Waals surface area contributed by atoms with Crippen molar-refractivity contribution in [2.45, 2.75) is 38.0 Å². The third kappa shape index (κ3) is 5.62. The number of hydrogen-bond donors (Lipinski definition) is 1. The number of amides is 2. The molecule has 2 aromatic carbocycles. The van der Waals surface area contributed by atoms with Crippen LogP contribution in [0.25, 0.3) is 5.69 Å². The van der Waals surface area contributed by atoms with Crippen LogP contribution in [-0.2, 0) is 21.5 Å². The standard InChI is InChI=1S/C30H29F2N5O2S/c1-30(2,3)28-26-27(22-9-4-5-10-23(22)32)40-18-25(39)36(17-24(38)34-16-20-8-6-7-15-33-20)29(26)37(35-28)21-13-11-19(31)12-14-21/h4-15,27H,16-18H2,1-3H3,(H,34,38)/t27-/m0/s1. The highest BCUT2D eigenvalue weighted by atomic mass is 32.2. The maximum absolute atomic E-state index is 15.2. The fourth-order valence-corrected chi connectivity index (χ4v) is 5.88. The van der Waals surface area contributed by atoms with E-state index in [1.165, 1.54) is 34.9 Å². The molecule has 0 fully saturated rings. The molecule has 0 spiro atoms. The number of thioether (sulfide) groups is 1. The monoisotopic (exact) mass is 561 g/mol. The summed E-state index contributed by atoms with van der Waals surface area (Å²) in [4.78, 5) is 32.5. The smallest absolute Gasteiger partial charge is 0.240 e. The molecule has 1 atom stereocenters. The van der Waals surface area contributed by atoms with Crippen LogP contribution in [0.4, 0.5) is 14.6 Å². The third-order valence-corrected chi connectivity index (χ3v) is 7.79. The lowest BCUT2D eigenvalue weighted by molar-refractivity contribution is -0.123. The van der Waals surface area contributed by atoms with Crippen molar-refractivity contribution in [2.75, 3.05) is 17.2 Å². The first-order valence-corrected chi connectivity index (χ1v) is 13.9. The number of fused-ring (bicyclic) bond motifs is 1. The van der Waals surface area contributed by atoms with E-state index < -0.39 is 22.3 Å². The minimum absolute atomic E-state index is 0.0220. The Hall–Kier alpha value is -4.05. The zero-order chi connectivity index (χ0) is 28.4. The molecule has 4 aromatic rings. The zero-order valence-electron chi connectivity index (χ0n) is 22.4. The van der Waals surface area contributed by atoms with Gasteiger partial charge in [0, 0.05) is 22.7 Å². The number of aromatic nitrogens is 3. The Labute approximate surface area is 235 Å². The predicted octanol–water partition coefficient (Wildman–Crippen LogP) is 5.33. The van der Waals surface area contributed by atoms with E-state index in [0.717, 1.165) is 0 Å². The van der Waals surface area contributed by atoms with Gasteiger partial charge in [0.05, 0.1) is 34.6 Å². The summed E-state index contributed by atoms with van der Waals surface area (Å²) in [7, 11) is 0. The summed E-state index contributed by atoms with van der Waals surface area (Å²) in [6.07, 6.45) is 1.64. The van der Waals surface area contributed by atoms with Gasteiger partial charge in [-0.05, 0) is 42.5 Å². The summed E-state index contributed by atoms with van der Waals surface area (Å²) >= 11 is 1.30. The number of rotatable bonds is 6. The van der Waals surface area contributed by atoms with Crippen LogP contribution in [0.5, 0.6) is 0 Å². The van der Waals surface area contributed by atoms with Crippen LogP contribution >= 0.6 is 11.8 Å². The molecule has 2 amide bonds. The van der Waals surface area contributed by atoms with Crippen LogP contribution in [0, 0.1) is 11.6 Å². The van der Waals surface area contributed by atoms with Crippen LogP contribution < -0.4 is 10.2 Å². The number of nitrogens with one attached hydrogen (secondary N) is 1. The van der Waals surface area contributed by atoms with Crippen molar-refractivity contribution < 1.29 is 18.4 Å². The van der Waals surface area contributed by atoms with E-state index in [9.17, 15) is 14.0 Å². The average Bonchev–Trinajstić information content (AvgIpc) is 3.27. The summed E-state index contributed by atoms with van der Waals surface area (Å²) in [5.74, 6) is -1.12. The lowest BCUT2D eigenvalue weighted by atomic mass is 9.87. The van der Waals surface area contributed by atoms with Crippen LogP contribution in [0.2, 0.25) is 0 Å².